The summed E-state index contributed by atoms with van der Waals surface area (Å²) in [4.78, 5) is 4.66. The quantitative estimate of drug-likeness (QED) is 0.466. The third-order valence-electron chi connectivity index (χ3n) is 5.16. The van der Waals surface area contributed by atoms with Crippen molar-refractivity contribution >= 4 is 0 Å². The summed E-state index contributed by atoms with van der Waals surface area (Å²) < 4.78 is 0. The minimum Gasteiger partial charge on any atom is -0.480 e. The van der Waals surface area contributed by atoms with Crippen LogP contribution < -0.4 is 0 Å². The Balaban J connectivity index is 0.00000135. The molecule has 1 radical (unpaired) electrons. The van der Waals surface area contributed by atoms with E-state index >= 15 is 0 Å². The van der Waals surface area contributed by atoms with E-state index in [2.05, 4.69) is 77.8 Å². The van der Waals surface area contributed by atoms with E-state index in [4.69, 9.17) is 0 Å². The van der Waals surface area contributed by atoms with Gasteiger partial charge in [-0.1, -0.05) is 47.9 Å². The second kappa shape index (κ2) is 5.40. The fourth-order valence-corrected chi connectivity index (χ4v) is 3.74. The Hall–Kier alpha value is -1.76. The first-order valence-corrected chi connectivity index (χ1v) is 7.87. The van der Waals surface area contributed by atoms with E-state index in [9.17, 15) is 0 Å². The van der Waals surface area contributed by atoms with Crippen LogP contribution in [0.15, 0.2) is 79.0 Å². The fourth-order valence-electron chi connectivity index (χ4n) is 3.74. The predicted octanol–water partition coefficient (Wildman–Crippen LogP) is 4.35. The van der Waals surface area contributed by atoms with Crippen LogP contribution in [-0.4, -0.2) is 4.98 Å². The van der Waals surface area contributed by atoms with Gasteiger partial charge >= 0.3 is 0 Å². The SMILES string of the molecule is [C-]1=CC2C3C=CC1(c1cc(-c4ccccc4)ccn1)C=CC23.[Ir]. The van der Waals surface area contributed by atoms with Crippen molar-refractivity contribution in [2.24, 2.45) is 17.8 Å². The average molecular weight is 475 g/mol. The van der Waals surface area contributed by atoms with Crippen LogP contribution in [-0.2, 0) is 25.5 Å². The number of benzene rings is 1. The Kier molecular flexibility index (Phi) is 3.48. The number of aromatic nitrogens is 1. The minimum atomic E-state index is -0.289. The summed E-state index contributed by atoms with van der Waals surface area (Å²) in [5, 5.41) is 0. The van der Waals surface area contributed by atoms with Gasteiger partial charge < -0.3 is 6.08 Å². The molecular formula is C21H16IrN-. The smallest absolute Gasteiger partial charge is 0.0276 e. The van der Waals surface area contributed by atoms with E-state index < -0.39 is 0 Å². The molecular weight excluding hydrogens is 458 g/mol. The summed E-state index contributed by atoms with van der Waals surface area (Å²) in [6.45, 7) is 0. The van der Waals surface area contributed by atoms with Crippen molar-refractivity contribution in [1.29, 1.82) is 0 Å². The first-order chi connectivity index (χ1) is 10.9. The molecule has 2 unspecified atom stereocenters. The number of nitrogens with zero attached hydrogens (tertiary/aromatic N) is 1. The van der Waals surface area contributed by atoms with Crippen molar-refractivity contribution in [3.63, 3.8) is 0 Å². The van der Waals surface area contributed by atoms with Crippen molar-refractivity contribution < 1.29 is 20.1 Å². The molecule has 23 heavy (non-hydrogen) atoms. The first kappa shape index (κ1) is 14.8. The topological polar surface area (TPSA) is 12.9 Å². The monoisotopic (exact) mass is 475 g/mol. The molecule has 6 rings (SSSR count). The van der Waals surface area contributed by atoms with Gasteiger partial charge in [-0.3, -0.25) is 11.1 Å². The number of allylic oxidation sites excluding steroid dienone is 6. The normalized spacial score (nSPS) is 32.1. The molecule has 1 nitrogen and oxygen atoms in total. The van der Waals surface area contributed by atoms with E-state index in [0.29, 0.717) is 17.8 Å². The Morgan fingerprint density at radius 2 is 1.61 bits per heavy atom. The summed E-state index contributed by atoms with van der Waals surface area (Å²) in [5.74, 6) is 2.03. The van der Waals surface area contributed by atoms with E-state index in [1.807, 2.05) is 12.3 Å². The van der Waals surface area contributed by atoms with Crippen molar-refractivity contribution in [1.82, 2.24) is 4.98 Å². The summed E-state index contributed by atoms with van der Waals surface area (Å²) in [7, 11) is 0. The van der Waals surface area contributed by atoms with Gasteiger partial charge in [0.25, 0.3) is 0 Å². The maximum Gasteiger partial charge on any atom is 0.0276 e. The Bertz CT molecular complexity index is 767. The third-order valence-corrected chi connectivity index (χ3v) is 5.16. The summed E-state index contributed by atoms with van der Waals surface area (Å²) >= 11 is 0. The molecule has 0 N–H and O–H groups in total. The zero-order valence-corrected chi connectivity index (χ0v) is 14.9. The molecule has 2 heteroatoms. The molecule has 1 aromatic carbocycles. The third kappa shape index (κ3) is 2.29. The molecule has 2 atom stereocenters. The Morgan fingerprint density at radius 3 is 2.35 bits per heavy atom. The second-order valence-corrected chi connectivity index (χ2v) is 6.43. The zero-order valence-electron chi connectivity index (χ0n) is 12.5. The Morgan fingerprint density at radius 1 is 0.870 bits per heavy atom. The van der Waals surface area contributed by atoms with Gasteiger partial charge in [0.2, 0.25) is 0 Å². The summed E-state index contributed by atoms with van der Waals surface area (Å²) in [6.07, 6.45) is 17.1. The summed E-state index contributed by atoms with van der Waals surface area (Å²) in [6, 6.07) is 14.8. The van der Waals surface area contributed by atoms with Gasteiger partial charge in [0.15, 0.2) is 0 Å². The van der Waals surface area contributed by atoms with E-state index in [-0.39, 0.29) is 25.5 Å². The number of rotatable bonds is 2. The molecule has 1 heterocycles. The van der Waals surface area contributed by atoms with Gasteiger partial charge in [0.05, 0.1) is 0 Å². The molecule has 4 bridgehead atoms. The zero-order chi connectivity index (χ0) is 14.6. The molecule has 0 aliphatic heterocycles. The van der Waals surface area contributed by atoms with Gasteiger partial charge in [0, 0.05) is 32.0 Å². The maximum atomic E-state index is 4.66. The van der Waals surface area contributed by atoms with Gasteiger partial charge in [0.1, 0.15) is 0 Å². The molecule has 2 aromatic rings. The van der Waals surface area contributed by atoms with Crippen molar-refractivity contribution in [3.8, 4) is 11.1 Å². The van der Waals surface area contributed by atoms with Crippen LogP contribution in [0.1, 0.15) is 5.69 Å². The maximum absolute atomic E-state index is 4.66. The first-order valence-electron chi connectivity index (χ1n) is 7.87. The standard InChI is InChI=1S/C21H16N.Ir/c1-2-4-15(5-3-1)16-9-13-22-20(14-16)21-10-6-17-18(7-11-21)19(17)8-12-21;/h1-11,13-14,17-19H;/q-1;. The molecule has 0 amide bonds. The molecule has 0 saturated heterocycles. The van der Waals surface area contributed by atoms with Gasteiger partial charge in [-0.05, 0) is 41.0 Å². The van der Waals surface area contributed by atoms with Gasteiger partial charge in [-0.15, -0.1) is 12.2 Å². The van der Waals surface area contributed by atoms with Crippen LogP contribution >= 0.6 is 0 Å². The van der Waals surface area contributed by atoms with Gasteiger partial charge in [-0.25, -0.2) is 0 Å². The molecule has 4 aliphatic rings. The minimum absolute atomic E-state index is 0. The molecule has 115 valence electrons. The van der Waals surface area contributed by atoms with Crippen LogP contribution in [0.5, 0.6) is 0 Å². The number of hydrogen-bond donors (Lipinski definition) is 0. The van der Waals surface area contributed by atoms with Crippen LogP contribution in [0, 0.1) is 23.8 Å². The molecule has 4 aliphatic carbocycles. The van der Waals surface area contributed by atoms with Crippen molar-refractivity contribution in [2.45, 2.75) is 5.41 Å². The summed E-state index contributed by atoms with van der Waals surface area (Å²) in [5.41, 5.74) is 3.20. The van der Waals surface area contributed by atoms with Crippen molar-refractivity contribution in [3.05, 3.63) is 90.8 Å². The van der Waals surface area contributed by atoms with E-state index in [0.717, 1.165) is 5.69 Å². The fraction of sp³-hybridized carbons (Fsp3) is 0.190. The van der Waals surface area contributed by atoms with Crippen LogP contribution in [0.2, 0.25) is 0 Å². The van der Waals surface area contributed by atoms with E-state index in [1.54, 1.807) is 0 Å². The predicted molar refractivity (Wildman–Crippen MR) is 87.9 cm³/mol. The Labute approximate surface area is 150 Å². The van der Waals surface area contributed by atoms with E-state index in [1.165, 1.54) is 11.1 Å². The number of hydrogen-bond acceptors (Lipinski definition) is 1. The van der Waals surface area contributed by atoms with Gasteiger partial charge in [-0.2, -0.15) is 0 Å². The average Bonchev–Trinajstić information content (AvgIpc) is 3.34. The van der Waals surface area contributed by atoms with Crippen LogP contribution in [0.4, 0.5) is 0 Å². The van der Waals surface area contributed by atoms with Crippen LogP contribution in [0.3, 0.4) is 0 Å². The second-order valence-electron chi connectivity index (χ2n) is 6.43. The number of pyridine rings is 1. The molecule has 1 saturated carbocycles. The van der Waals surface area contributed by atoms with Crippen LogP contribution in [0.25, 0.3) is 11.1 Å². The van der Waals surface area contributed by atoms with Crippen molar-refractivity contribution in [2.75, 3.05) is 0 Å². The largest absolute Gasteiger partial charge is 0.480 e. The molecule has 1 fully saturated rings. The molecule has 1 aromatic heterocycles. The molecule has 0 spiro atoms.